The Bertz CT molecular complexity index is 380. The first-order valence-corrected chi connectivity index (χ1v) is 10.2. The quantitative estimate of drug-likeness (QED) is 0.769. The summed E-state index contributed by atoms with van der Waals surface area (Å²) >= 11 is 0. The molecular weight excluding hydrogens is 300 g/mol. The van der Waals surface area contributed by atoms with E-state index in [0.29, 0.717) is 6.04 Å². The zero-order valence-corrected chi connectivity index (χ0v) is 16.4. The van der Waals surface area contributed by atoms with Gasteiger partial charge in [0.05, 0.1) is 13.2 Å². The predicted molar refractivity (Wildman–Crippen MR) is 98.2 cm³/mol. The lowest BCUT2D eigenvalue weighted by Crippen LogP contribution is -2.47. The lowest BCUT2D eigenvalue weighted by molar-refractivity contribution is -0.187. The smallest absolute Gasteiger partial charge is 0.170 e. The van der Waals surface area contributed by atoms with Crippen molar-refractivity contribution in [2.45, 2.75) is 84.1 Å². The third-order valence-corrected chi connectivity index (χ3v) is 6.65. The highest BCUT2D eigenvalue weighted by molar-refractivity contribution is 4.97. The van der Waals surface area contributed by atoms with E-state index >= 15 is 0 Å². The molecule has 3 heterocycles. The van der Waals surface area contributed by atoms with Crippen LogP contribution in [0, 0.1) is 5.41 Å². The van der Waals surface area contributed by atoms with Crippen molar-refractivity contribution in [3.63, 3.8) is 0 Å². The van der Waals surface area contributed by atoms with E-state index in [9.17, 15) is 0 Å². The van der Waals surface area contributed by atoms with Crippen molar-refractivity contribution in [2.75, 3.05) is 39.4 Å². The average molecular weight is 339 g/mol. The molecule has 0 aromatic rings. The van der Waals surface area contributed by atoms with Gasteiger partial charge < -0.3 is 19.3 Å². The van der Waals surface area contributed by atoms with Gasteiger partial charge in [-0.1, -0.05) is 0 Å². The number of likely N-dealkylation sites (tertiary alicyclic amines) is 2. The molecule has 0 bridgehead atoms. The van der Waals surface area contributed by atoms with Gasteiger partial charge in [0.15, 0.2) is 5.79 Å². The molecule has 4 nitrogen and oxygen atoms in total. The fraction of sp³-hybridized carbons (Fsp3) is 1.00. The summed E-state index contributed by atoms with van der Waals surface area (Å²) in [6.07, 6.45) is 8.07. The molecule has 0 unspecified atom stereocenters. The zero-order valence-electron chi connectivity index (χ0n) is 16.4. The van der Waals surface area contributed by atoms with E-state index in [1.807, 2.05) is 0 Å². The molecule has 2 spiro atoms. The molecule has 0 aromatic heterocycles. The molecule has 0 amide bonds. The second kappa shape index (κ2) is 7.61. The fourth-order valence-electron chi connectivity index (χ4n) is 4.36. The van der Waals surface area contributed by atoms with E-state index in [1.54, 1.807) is 0 Å². The van der Waals surface area contributed by atoms with Crippen LogP contribution in [0.5, 0.6) is 0 Å². The molecule has 0 N–H and O–H groups in total. The normalized spacial score (nSPS) is 29.2. The molecule has 0 radical (unpaired) electrons. The Morgan fingerprint density at radius 3 is 1.42 bits per heavy atom. The van der Waals surface area contributed by atoms with Crippen LogP contribution < -0.4 is 0 Å². The Morgan fingerprint density at radius 1 is 0.625 bits per heavy atom. The first-order valence-electron chi connectivity index (χ1n) is 10.2. The van der Waals surface area contributed by atoms with Crippen LogP contribution in [0.3, 0.4) is 0 Å². The zero-order chi connectivity index (χ0) is 17.2. The van der Waals surface area contributed by atoms with E-state index in [1.165, 1.54) is 38.8 Å². The maximum atomic E-state index is 5.66. The second-order valence-corrected chi connectivity index (χ2v) is 8.87. The molecule has 3 aliphatic heterocycles. The van der Waals surface area contributed by atoms with Crippen LogP contribution in [0.4, 0.5) is 0 Å². The van der Waals surface area contributed by atoms with Gasteiger partial charge in [-0.3, -0.25) is 0 Å². The van der Waals surface area contributed by atoms with Gasteiger partial charge in [-0.2, -0.15) is 0 Å². The topological polar surface area (TPSA) is 24.9 Å². The molecule has 0 atom stereocenters. The van der Waals surface area contributed by atoms with E-state index in [4.69, 9.17) is 9.47 Å². The third kappa shape index (κ3) is 4.51. The number of rotatable bonds is 2. The van der Waals surface area contributed by atoms with Gasteiger partial charge in [0.2, 0.25) is 0 Å². The average Bonchev–Trinajstić information content (AvgIpc) is 3.16. The first kappa shape index (κ1) is 18.6. The van der Waals surface area contributed by atoms with Gasteiger partial charge in [0, 0.05) is 38.0 Å². The lowest BCUT2D eigenvalue weighted by atomic mass is 9.93. The van der Waals surface area contributed by atoms with Crippen molar-refractivity contribution in [1.29, 1.82) is 0 Å². The highest BCUT2D eigenvalue weighted by Crippen LogP contribution is 2.53. The Balaban J connectivity index is 0.000000143. The van der Waals surface area contributed by atoms with Gasteiger partial charge in [-0.25, -0.2) is 0 Å². The fourth-order valence-corrected chi connectivity index (χ4v) is 4.36. The monoisotopic (exact) mass is 338 g/mol. The number of hydrogen-bond donors (Lipinski definition) is 0. The number of hydrogen-bond acceptors (Lipinski definition) is 4. The Kier molecular flexibility index (Phi) is 5.90. The SMILES string of the molecule is CC(C)N1CCC2(CC1)CC2.CC(C)N1CCC2(CC1)OCCO2. The lowest BCUT2D eigenvalue weighted by Gasteiger charge is -2.39. The summed E-state index contributed by atoms with van der Waals surface area (Å²) < 4.78 is 11.3. The van der Waals surface area contributed by atoms with E-state index in [2.05, 4.69) is 37.5 Å². The van der Waals surface area contributed by atoms with Crippen molar-refractivity contribution < 1.29 is 9.47 Å². The standard InChI is InChI=1S/C10H19NO2.C10H19N/c1-9(2)11-5-3-10(4-6-11)12-7-8-13-10;1-9(2)11-7-5-10(3-4-10)6-8-11/h9H,3-8H2,1-2H3;9H,3-8H2,1-2H3. The van der Waals surface area contributed by atoms with Crippen molar-refractivity contribution in [3.05, 3.63) is 0 Å². The van der Waals surface area contributed by atoms with Gasteiger partial charge in [0.1, 0.15) is 0 Å². The first-order chi connectivity index (χ1) is 11.4. The van der Waals surface area contributed by atoms with Crippen LogP contribution in [-0.4, -0.2) is 67.1 Å². The molecule has 3 saturated heterocycles. The number of ether oxygens (including phenoxy) is 2. The van der Waals surface area contributed by atoms with Crippen LogP contribution in [0.2, 0.25) is 0 Å². The van der Waals surface area contributed by atoms with Crippen LogP contribution in [0.25, 0.3) is 0 Å². The van der Waals surface area contributed by atoms with Crippen molar-refractivity contribution in [2.24, 2.45) is 5.41 Å². The third-order valence-electron chi connectivity index (χ3n) is 6.65. The molecule has 4 fully saturated rings. The summed E-state index contributed by atoms with van der Waals surface area (Å²) in [4.78, 5) is 5.10. The van der Waals surface area contributed by atoms with Crippen molar-refractivity contribution in [3.8, 4) is 0 Å². The van der Waals surface area contributed by atoms with Crippen LogP contribution in [-0.2, 0) is 9.47 Å². The molecule has 1 aliphatic carbocycles. The summed E-state index contributed by atoms with van der Waals surface area (Å²) in [5.74, 6) is -0.203. The second-order valence-electron chi connectivity index (χ2n) is 8.87. The Labute approximate surface area is 148 Å². The molecule has 0 aromatic carbocycles. The molecule has 4 aliphatic rings. The summed E-state index contributed by atoms with van der Waals surface area (Å²) in [7, 11) is 0. The summed E-state index contributed by atoms with van der Waals surface area (Å²) in [5.41, 5.74) is 0.853. The molecule has 24 heavy (non-hydrogen) atoms. The van der Waals surface area contributed by atoms with Crippen LogP contribution in [0.1, 0.15) is 66.2 Å². The van der Waals surface area contributed by atoms with Crippen molar-refractivity contribution >= 4 is 0 Å². The molecule has 4 heteroatoms. The van der Waals surface area contributed by atoms with Gasteiger partial charge >= 0.3 is 0 Å². The highest BCUT2D eigenvalue weighted by Gasteiger charge is 2.44. The minimum absolute atomic E-state index is 0.203. The van der Waals surface area contributed by atoms with Gasteiger partial charge in [0.25, 0.3) is 0 Å². The summed E-state index contributed by atoms with van der Waals surface area (Å²) in [6.45, 7) is 15.6. The summed E-state index contributed by atoms with van der Waals surface area (Å²) in [6, 6.07) is 1.42. The molecule has 4 rings (SSSR count). The van der Waals surface area contributed by atoms with Gasteiger partial charge in [-0.15, -0.1) is 0 Å². The predicted octanol–water partition coefficient (Wildman–Crippen LogP) is 3.50. The Morgan fingerprint density at radius 2 is 1.04 bits per heavy atom. The largest absolute Gasteiger partial charge is 0.347 e. The van der Waals surface area contributed by atoms with Gasteiger partial charge in [-0.05, 0) is 71.9 Å². The maximum absolute atomic E-state index is 5.66. The number of nitrogens with zero attached hydrogens (tertiary/aromatic N) is 2. The minimum atomic E-state index is -0.203. The molecular formula is C20H38N2O2. The summed E-state index contributed by atoms with van der Waals surface area (Å²) in [5, 5.41) is 0. The molecule has 1 saturated carbocycles. The Hall–Kier alpha value is -0.160. The highest BCUT2D eigenvalue weighted by atomic mass is 16.7. The minimum Gasteiger partial charge on any atom is -0.347 e. The van der Waals surface area contributed by atoms with Crippen LogP contribution in [0.15, 0.2) is 0 Å². The van der Waals surface area contributed by atoms with Crippen LogP contribution >= 0.6 is 0 Å². The van der Waals surface area contributed by atoms with Crippen molar-refractivity contribution in [1.82, 2.24) is 9.80 Å². The maximum Gasteiger partial charge on any atom is 0.170 e. The van der Waals surface area contributed by atoms with E-state index in [-0.39, 0.29) is 5.79 Å². The van der Waals surface area contributed by atoms with E-state index in [0.717, 1.165) is 50.6 Å². The van der Waals surface area contributed by atoms with E-state index < -0.39 is 0 Å². The number of piperidine rings is 2. The molecule has 140 valence electrons.